The standard InChI is InChI=1S/C7H13FO3/c1-4-2-5(9)7(10)6(3-8)11-4/h4-7,9-10H,2-3H2,1H3. The van der Waals surface area contributed by atoms with Crippen LogP contribution in [-0.4, -0.2) is 41.3 Å². The van der Waals surface area contributed by atoms with Gasteiger partial charge in [-0.3, -0.25) is 0 Å². The van der Waals surface area contributed by atoms with E-state index in [1.807, 2.05) is 0 Å². The van der Waals surface area contributed by atoms with Gasteiger partial charge in [-0.2, -0.15) is 0 Å². The van der Waals surface area contributed by atoms with Crippen LogP contribution in [0.2, 0.25) is 0 Å². The molecule has 0 bridgehead atoms. The Kier molecular flexibility index (Phi) is 2.81. The van der Waals surface area contributed by atoms with Crippen LogP contribution in [-0.2, 0) is 4.74 Å². The van der Waals surface area contributed by atoms with E-state index < -0.39 is 25.0 Å². The Morgan fingerprint density at radius 1 is 1.55 bits per heavy atom. The maximum atomic E-state index is 12.1. The summed E-state index contributed by atoms with van der Waals surface area (Å²) in [6, 6.07) is 0. The minimum absolute atomic E-state index is 0.172. The highest BCUT2D eigenvalue weighted by atomic mass is 19.1. The molecule has 4 heteroatoms. The topological polar surface area (TPSA) is 49.7 Å². The maximum absolute atomic E-state index is 12.1. The second kappa shape index (κ2) is 3.47. The first-order valence-electron chi connectivity index (χ1n) is 3.72. The zero-order valence-electron chi connectivity index (χ0n) is 6.40. The molecule has 0 amide bonds. The lowest BCUT2D eigenvalue weighted by molar-refractivity contribution is -0.167. The van der Waals surface area contributed by atoms with E-state index in [0.29, 0.717) is 6.42 Å². The van der Waals surface area contributed by atoms with Crippen LogP contribution in [0.5, 0.6) is 0 Å². The third-order valence-corrected chi connectivity index (χ3v) is 1.91. The van der Waals surface area contributed by atoms with E-state index in [1.165, 1.54) is 0 Å². The molecule has 0 saturated carbocycles. The van der Waals surface area contributed by atoms with Crippen molar-refractivity contribution in [3.05, 3.63) is 0 Å². The van der Waals surface area contributed by atoms with Gasteiger partial charge in [-0.1, -0.05) is 0 Å². The molecule has 4 atom stereocenters. The maximum Gasteiger partial charge on any atom is 0.118 e. The molecular weight excluding hydrogens is 151 g/mol. The molecule has 11 heavy (non-hydrogen) atoms. The van der Waals surface area contributed by atoms with E-state index in [9.17, 15) is 4.39 Å². The van der Waals surface area contributed by atoms with Crippen molar-refractivity contribution in [2.24, 2.45) is 0 Å². The molecule has 0 radical (unpaired) electrons. The van der Waals surface area contributed by atoms with Gasteiger partial charge in [0.2, 0.25) is 0 Å². The van der Waals surface area contributed by atoms with Crippen LogP contribution in [0.25, 0.3) is 0 Å². The second-order valence-corrected chi connectivity index (χ2v) is 2.93. The summed E-state index contributed by atoms with van der Waals surface area (Å²) >= 11 is 0. The zero-order chi connectivity index (χ0) is 8.43. The van der Waals surface area contributed by atoms with Gasteiger partial charge in [-0.15, -0.1) is 0 Å². The Hall–Kier alpha value is -0.190. The molecule has 1 fully saturated rings. The first kappa shape index (κ1) is 8.90. The van der Waals surface area contributed by atoms with Gasteiger partial charge >= 0.3 is 0 Å². The summed E-state index contributed by atoms with van der Waals surface area (Å²) in [6.07, 6.45) is -2.57. The number of aliphatic hydroxyl groups is 2. The number of aliphatic hydroxyl groups excluding tert-OH is 2. The van der Waals surface area contributed by atoms with Crippen molar-refractivity contribution in [3.8, 4) is 0 Å². The van der Waals surface area contributed by atoms with Gasteiger partial charge in [0, 0.05) is 6.42 Å². The summed E-state index contributed by atoms with van der Waals surface area (Å²) in [5.41, 5.74) is 0. The number of hydrogen-bond donors (Lipinski definition) is 2. The van der Waals surface area contributed by atoms with Crippen LogP contribution < -0.4 is 0 Å². The number of halogens is 1. The molecule has 0 spiro atoms. The first-order valence-corrected chi connectivity index (χ1v) is 3.72. The lowest BCUT2D eigenvalue weighted by atomic mass is 9.99. The van der Waals surface area contributed by atoms with Gasteiger partial charge in [-0.05, 0) is 6.92 Å². The summed E-state index contributed by atoms with van der Waals surface area (Å²) in [5.74, 6) is 0. The van der Waals surface area contributed by atoms with Gasteiger partial charge in [0.1, 0.15) is 18.9 Å². The molecule has 1 rings (SSSR count). The summed E-state index contributed by atoms with van der Waals surface area (Å²) in [7, 11) is 0. The smallest absolute Gasteiger partial charge is 0.118 e. The molecule has 0 aromatic rings. The predicted octanol–water partition coefficient (Wildman–Crippen LogP) is -0.145. The minimum Gasteiger partial charge on any atom is -0.390 e. The van der Waals surface area contributed by atoms with Gasteiger partial charge in [0.05, 0.1) is 12.2 Å². The van der Waals surface area contributed by atoms with Crippen molar-refractivity contribution in [2.75, 3.05) is 6.67 Å². The predicted molar refractivity (Wildman–Crippen MR) is 36.9 cm³/mol. The number of rotatable bonds is 1. The van der Waals surface area contributed by atoms with E-state index in [-0.39, 0.29) is 6.10 Å². The minimum atomic E-state index is -1.07. The lowest BCUT2D eigenvalue weighted by Crippen LogP contribution is -2.48. The van der Waals surface area contributed by atoms with Crippen LogP contribution in [0.1, 0.15) is 13.3 Å². The Balaban J connectivity index is 2.51. The van der Waals surface area contributed by atoms with E-state index in [0.717, 1.165) is 0 Å². The average Bonchev–Trinajstić information content (AvgIpc) is 1.96. The lowest BCUT2D eigenvalue weighted by Gasteiger charge is -2.34. The van der Waals surface area contributed by atoms with Crippen molar-refractivity contribution in [1.82, 2.24) is 0 Å². The van der Waals surface area contributed by atoms with E-state index >= 15 is 0 Å². The molecule has 2 N–H and O–H groups in total. The van der Waals surface area contributed by atoms with Gasteiger partial charge in [-0.25, -0.2) is 4.39 Å². The van der Waals surface area contributed by atoms with Crippen LogP contribution >= 0.6 is 0 Å². The molecule has 1 aliphatic heterocycles. The molecule has 4 unspecified atom stereocenters. The number of alkyl halides is 1. The van der Waals surface area contributed by atoms with Gasteiger partial charge in [0.25, 0.3) is 0 Å². The van der Waals surface area contributed by atoms with Crippen molar-refractivity contribution < 1.29 is 19.3 Å². The Morgan fingerprint density at radius 3 is 2.73 bits per heavy atom. The van der Waals surface area contributed by atoms with Gasteiger partial charge in [0.15, 0.2) is 0 Å². The fourth-order valence-corrected chi connectivity index (χ4v) is 1.29. The zero-order valence-corrected chi connectivity index (χ0v) is 6.40. The Bertz CT molecular complexity index is 131. The van der Waals surface area contributed by atoms with E-state index in [2.05, 4.69) is 0 Å². The van der Waals surface area contributed by atoms with Crippen LogP contribution in [0, 0.1) is 0 Å². The third-order valence-electron chi connectivity index (χ3n) is 1.91. The fraction of sp³-hybridized carbons (Fsp3) is 1.00. The SMILES string of the molecule is CC1CC(O)C(O)C(CF)O1. The van der Waals surface area contributed by atoms with E-state index in [4.69, 9.17) is 14.9 Å². The largest absolute Gasteiger partial charge is 0.390 e. The molecule has 0 aromatic heterocycles. The molecule has 1 aliphatic rings. The highest BCUT2D eigenvalue weighted by Gasteiger charge is 2.34. The Labute approximate surface area is 64.8 Å². The number of ether oxygens (including phenoxy) is 1. The first-order chi connectivity index (χ1) is 5.15. The average molecular weight is 164 g/mol. The molecule has 1 saturated heterocycles. The monoisotopic (exact) mass is 164 g/mol. The molecule has 3 nitrogen and oxygen atoms in total. The van der Waals surface area contributed by atoms with Gasteiger partial charge < -0.3 is 14.9 Å². The quantitative estimate of drug-likeness (QED) is 0.567. The molecular formula is C7H13FO3. The molecule has 66 valence electrons. The molecule has 0 aromatic carbocycles. The highest BCUT2D eigenvalue weighted by molar-refractivity contribution is 4.83. The second-order valence-electron chi connectivity index (χ2n) is 2.93. The van der Waals surface area contributed by atoms with Crippen molar-refractivity contribution in [1.29, 1.82) is 0 Å². The van der Waals surface area contributed by atoms with Crippen molar-refractivity contribution >= 4 is 0 Å². The summed E-state index contributed by atoms with van der Waals surface area (Å²) in [5, 5.41) is 18.3. The highest BCUT2D eigenvalue weighted by Crippen LogP contribution is 2.19. The summed E-state index contributed by atoms with van der Waals surface area (Å²) < 4.78 is 17.1. The molecule has 1 heterocycles. The van der Waals surface area contributed by atoms with E-state index in [1.54, 1.807) is 6.92 Å². The summed E-state index contributed by atoms with van der Waals surface area (Å²) in [4.78, 5) is 0. The van der Waals surface area contributed by atoms with Crippen molar-refractivity contribution in [2.45, 2.75) is 37.8 Å². The van der Waals surface area contributed by atoms with Crippen molar-refractivity contribution in [3.63, 3.8) is 0 Å². The normalized spacial score (nSPS) is 45.8. The Morgan fingerprint density at radius 2 is 2.18 bits per heavy atom. The fourth-order valence-electron chi connectivity index (χ4n) is 1.29. The third kappa shape index (κ3) is 1.89. The molecule has 0 aliphatic carbocycles. The summed E-state index contributed by atoms with van der Waals surface area (Å²) in [6.45, 7) is 1.00. The van der Waals surface area contributed by atoms with Crippen LogP contribution in [0.4, 0.5) is 4.39 Å². The van der Waals surface area contributed by atoms with Crippen LogP contribution in [0.15, 0.2) is 0 Å². The number of hydrogen-bond acceptors (Lipinski definition) is 3. The van der Waals surface area contributed by atoms with Crippen LogP contribution in [0.3, 0.4) is 0 Å².